The first-order valence-electron chi connectivity index (χ1n) is 8.63. The van der Waals surface area contributed by atoms with Crippen molar-refractivity contribution in [1.82, 2.24) is 4.98 Å². The molecule has 0 fully saturated rings. The Bertz CT molecular complexity index is 931. The highest BCUT2D eigenvalue weighted by molar-refractivity contribution is 7.14. The fourth-order valence-electron chi connectivity index (χ4n) is 2.43. The van der Waals surface area contributed by atoms with Crippen molar-refractivity contribution < 1.29 is 14.3 Å². The van der Waals surface area contributed by atoms with E-state index in [1.807, 2.05) is 55.6 Å². The molecule has 3 aromatic rings. The van der Waals surface area contributed by atoms with Gasteiger partial charge < -0.3 is 4.74 Å². The summed E-state index contributed by atoms with van der Waals surface area (Å²) in [4.78, 5) is 28.4. The summed E-state index contributed by atoms with van der Waals surface area (Å²) in [6, 6.07) is 15.2. The summed E-state index contributed by atoms with van der Waals surface area (Å²) in [5.41, 5.74) is 4.52. The van der Waals surface area contributed by atoms with Crippen molar-refractivity contribution in [2.24, 2.45) is 0 Å². The van der Waals surface area contributed by atoms with Gasteiger partial charge in [0.1, 0.15) is 0 Å². The van der Waals surface area contributed by atoms with E-state index in [0.717, 1.165) is 23.2 Å². The molecule has 5 nitrogen and oxygen atoms in total. The molecule has 0 bridgehead atoms. The van der Waals surface area contributed by atoms with Crippen LogP contribution in [0.5, 0.6) is 0 Å². The van der Waals surface area contributed by atoms with Crippen LogP contribution in [0.3, 0.4) is 0 Å². The van der Waals surface area contributed by atoms with Gasteiger partial charge in [-0.25, -0.2) is 9.78 Å². The molecule has 1 heterocycles. The maximum Gasteiger partial charge on any atom is 0.338 e. The van der Waals surface area contributed by atoms with Gasteiger partial charge in [-0.3, -0.25) is 10.1 Å². The SMILES string of the molecule is CCc1ccc(C(=O)OCC(=O)Nc2nc(-c3ccc(C)cc3)cs2)cc1. The molecule has 0 radical (unpaired) electrons. The van der Waals surface area contributed by atoms with Gasteiger partial charge in [0.15, 0.2) is 11.7 Å². The number of carbonyl (C=O) groups excluding carboxylic acids is 2. The highest BCUT2D eigenvalue weighted by Crippen LogP contribution is 2.25. The molecule has 138 valence electrons. The number of amides is 1. The summed E-state index contributed by atoms with van der Waals surface area (Å²) in [5.74, 6) is -0.939. The van der Waals surface area contributed by atoms with Crippen molar-refractivity contribution in [3.8, 4) is 11.3 Å². The molecular weight excluding hydrogens is 360 g/mol. The number of esters is 1. The largest absolute Gasteiger partial charge is 0.452 e. The normalized spacial score (nSPS) is 10.4. The predicted octanol–water partition coefficient (Wildman–Crippen LogP) is 4.48. The Kier molecular flexibility index (Phi) is 5.98. The Morgan fingerprint density at radius 1 is 1.07 bits per heavy atom. The Labute approximate surface area is 162 Å². The highest BCUT2D eigenvalue weighted by Gasteiger charge is 2.12. The smallest absolute Gasteiger partial charge is 0.338 e. The summed E-state index contributed by atoms with van der Waals surface area (Å²) in [5, 5.41) is 5.01. The van der Waals surface area contributed by atoms with Gasteiger partial charge in [-0.05, 0) is 31.0 Å². The van der Waals surface area contributed by atoms with Gasteiger partial charge in [0.25, 0.3) is 5.91 Å². The Balaban J connectivity index is 1.53. The number of hydrogen-bond donors (Lipinski definition) is 1. The van der Waals surface area contributed by atoms with Crippen molar-refractivity contribution in [2.75, 3.05) is 11.9 Å². The summed E-state index contributed by atoms with van der Waals surface area (Å²) in [6.45, 7) is 3.71. The van der Waals surface area contributed by atoms with E-state index >= 15 is 0 Å². The van der Waals surface area contributed by atoms with Crippen LogP contribution in [0.15, 0.2) is 53.9 Å². The number of anilines is 1. The monoisotopic (exact) mass is 380 g/mol. The van der Waals surface area contributed by atoms with Gasteiger partial charge in [-0.15, -0.1) is 11.3 Å². The van der Waals surface area contributed by atoms with Crippen LogP contribution in [0.2, 0.25) is 0 Å². The molecule has 0 aliphatic heterocycles. The Morgan fingerprint density at radius 2 is 1.78 bits per heavy atom. The molecule has 1 amide bonds. The van der Waals surface area contributed by atoms with Gasteiger partial charge in [0.05, 0.1) is 11.3 Å². The van der Waals surface area contributed by atoms with E-state index in [1.165, 1.54) is 16.9 Å². The van der Waals surface area contributed by atoms with Gasteiger partial charge in [0, 0.05) is 10.9 Å². The first-order valence-corrected chi connectivity index (χ1v) is 9.51. The number of thiazole rings is 1. The van der Waals surface area contributed by atoms with E-state index in [0.29, 0.717) is 10.7 Å². The Hall–Kier alpha value is -2.99. The summed E-state index contributed by atoms with van der Waals surface area (Å²) in [7, 11) is 0. The topological polar surface area (TPSA) is 68.3 Å². The first-order chi connectivity index (χ1) is 13.0. The lowest BCUT2D eigenvalue weighted by Crippen LogP contribution is -2.20. The van der Waals surface area contributed by atoms with Crippen LogP contribution in [0.1, 0.15) is 28.4 Å². The zero-order valence-electron chi connectivity index (χ0n) is 15.2. The molecule has 27 heavy (non-hydrogen) atoms. The predicted molar refractivity (Wildman–Crippen MR) is 107 cm³/mol. The van der Waals surface area contributed by atoms with E-state index in [4.69, 9.17) is 4.74 Å². The zero-order chi connectivity index (χ0) is 19.2. The second-order valence-corrected chi connectivity index (χ2v) is 6.94. The fourth-order valence-corrected chi connectivity index (χ4v) is 3.17. The first kappa shape index (κ1) is 18.8. The minimum atomic E-state index is -0.521. The van der Waals surface area contributed by atoms with Crippen LogP contribution < -0.4 is 5.32 Å². The number of aryl methyl sites for hydroxylation is 2. The van der Waals surface area contributed by atoms with Crippen molar-refractivity contribution in [3.05, 3.63) is 70.6 Å². The minimum absolute atomic E-state index is 0.353. The number of ether oxygens (including phenoxy) is 1. The average molecular weight is 380 g/mol. The third kappa shape index (κ3) is 5.01. The van der Waals surface area contributed by atoms with Crippen LogP contribution in [-0.2, 0) is 16.0 Å². The molecule has 1 N–H and O–H groups in total. The minimum Gasteiger partial charge on any atom is -0.452 e. The van der Waals surface area contributed by atoms with Gasteiger partial charge >= 0.3 is 5.97 Å². The number of carbonyl (C=O) groups is 2. The number of benzene rings is 2. The van der Waals surface area contributed by atoms with Crippen LogP contribution in [-0.4, -0.2) is 23.5 Å². The maximum atomic E-state index is 12.0. The molecule has 6 heteroatoms. The number of hydrogen-bond acceptors (Lipinski definition) is 5. The van der Waals surface area contributed by atoms with Crippen LogP contribution in [0.25, 0.3) is 11.3 Å². The summed E-state index contributed by atoms with van der Waals surface area (Å²) >= 11 is 1.33. The third-order valence-corrected chi connectivity index (χ3v) is 4.79. The average Bonchev–Trinajstić information content (AvgIpc) is 3.15. The molecular formula is C21H20N2O3S. The van der Waals surface area contributed by atoms with Crippen molar-refractivity contribution in [3.63, 3.8) is 0 Å². The van der Waals surface area contributed by atoms with Crippen LogP contribution in [0.4, 0.5) is 5.13 Å². The van der Waals surface area contributed by atoms with E-state index in [-0.39, 0.29) is 6.61 Å². The van der Waals surface area contributed by atoms with Crippen LogP contribution in [0, 0.1) is 6.92 Å². The molecule has 2 aromatic carbocycles. The zero-order valence-corrected chi connectivity index (χ0v) is 16.0. The summed E-state index contributed by atoms with van der Waals surface area (Å²) in [6.07, 6.45) is 0.899. The molecule has 0 unspecified atom stereocenters. The fraction of sp³-hybridized carbons (Fsp3) is 0.190. The molecule has 3 rings (SSSR count). The van der Waals surface area contributed by atoms with Crippen molar-refractivity contribution in [1.29, 1.82) is 0 Å². The van der Waals surface area contributed by atoms with Crippen molar-refractivity contribution in [2.45, 2.75) is 20.3 Å². The van der Waals surface area contributed by atoms with Crippen LogP contribution >= 0.6 is 11.3 Å². The Morgan fingerprint density at radius 3 is 2.44 bits per heavy atom. The molecule has 0 atom stereocenters. The standard InChI is InChI=1S/C21H20N2O3S/c1-3-15-6-10-17(11-7-15)20(25)26-12-19(24)23-21-22-18(13-27-21)16-8-4-14(2)5-9-16/h4-11,13H,3,12H2,1-2H3,(H,22,23,24). The second kappa shape index (κ2) is 8.60. The quantitative estimate of drug-likeness (QED) is 0.641. The lowest BCUT2D eigenvalue weighted by Gasteiger charge is -2.05. The van der Waals surface area contributed by atoms with Gasteiger partial charge in [-0.1, -0.05) is 48.9 Å². The lowest BCUT2D eigenvalue weighted by atomic mass is 10.1. The molecule has 0 spiro atoms. The maximum absolute atomic E-state index is 12.0. The van der Waals surface area contributed by atoms with Gasteiger partial charge in [-0.2, -0.15) is 0 Å². The number of aromatic nitrogens is 1. The number of nitrogens with one attached hydrogen (secondary N) is 1. The number of nitrogens with zero attached hydrogens (tertiary/aromatic N) is 1. The van der Waals surface area contributed by atoms with E-state index in [2.05, 4.69) is 10.3 Å². The van der Waals surface area contributed by atoms with Gasteiger partial charge in [0.2, 0.25) is 0 Å². The van der Waals surface area contributed by atoms with E-state index < -0.39 is 11.9 Å². The number of rotatable bonds is 6. The summed E-state index contributed by atoms with van der Waals surface area (Å²) < 4.78 is 5.07. The second-order valence-electron chi connectivity index (χ2n) is 6.08. The molecule has 0 saturated carbocycles. The molecule has 0 aliphatic carbocycles. The van der Waals surface area contributed by atoms with E-state index in [9.17, 15) is 9.59 Å². The highest BCUT2D eigenvalue weighted by atomic mass is 32.1. The molecule has 0 aliphatic rings. The van der Waals surface area contributed by atoms with E-state index in [1.54, 1.807) is 12.1 Å². The lowest BCUT2D eigenvalue weighted by molar-refractivity contribution is -0.119. The third-order valence-electron chi connectivity index (χ3n) is 4.03. The molecule has 0 saturated heterocycles. The molecule has 1 aromatic heterocycles. The van der Waals surface area contributed by atoms with Crippen molar-refractivity contribution >= 4 is 28.3 Å².